The van der Waals surface area contributed by atoms with E-state index >= 15 is 0 Å². The number of likely N-dealkylation sites (N-methyl/N-ethyl adjacent to an activating group) is 1. The van der Waals surface area contributed by atoms with E-state index in [9.17, 15) is 4.79 Å². The lowest BCUT2D eigenvalue weighted by atomic mass is 9.84. The van der Waals surface area contributed by atoms with E-state index in [2.05, 4.69) is 29.0 Å². The summed E-state index contributed by atoms with van der Waals surface area (Å²) in [6, 6.07) is 8.59. The average Bonchev–Trinajstić information content (AvgIpc) is 3.35. The maximum Gasteiger partial charge on any atom is 0.123 e. The Labute approximate surface area is 161 Å². The van der Waals surface area contributed by atoms with Gasteiger partial charge in [0.25, 0.3) is 0 Å². The molecule has 1 unspecified atom stereocenters. The van der Waals surface area contributed by atoms with Crippen LogP contribution in [0.3, 0.4) is 0 Å². The molecule has 0 bridgehead atoms. The van der Waals surface area contributed by atoms with Crippen LogP contribution in [0.2, 0.25) is 5.02 Å². The number of hydrogen-bond donors (Lipinski definition) is 0. The highest BCUT2D eigenvalue weighted by Crippen LogP contribution is 2.33. The van der Waals surface area contributed by atoms with Gasteiger partial charge in [0.05, 0.1) is 10.6 Å². The van der Waals surface area contributed by atoms with Crippen LogP contribution in [-0.2, 0) is 4.79 Å². The third kappa shape index (κ3) is 4.99. The third-order valence-corrected chi connectivity index (χ3v) is 6.02. The first-order chi connectivity index (χ1) is 12.6. The molecule has 0 N–H and O–H groups in total. The molecule has 0 amide bonds. The fourth-order valence-electron chi connectivity index (χ4n) is 3.59. The van der Waals surface area contributed by atoms with Gasteiger partial charge in [-0.15, -0.1) is 0 Å². The van der Waals surface area contributed by atoms with Crippen LogP contribution < -0.4 is 4.90 Å². The number of aldehydes is 1. The Hall–Kier alpha value is -1.57. The van der Waals surface area contributed by atoms with Crippen LogP contribution in [0.25, 0.3) is 0 Å². The van der Waals surface area contributed by atoms with Crippen molar-refractivity contribution >= 4 is 23.6 Å². The SMILES string of the molecule is CN1CCC(N(CC2CCC2)c2ccc(C#N)c(Cl)c2)C1.O=CC1CC1. The zero-order valence-electron chi connectivity index (χ0n) is 15.5. The number of carbonyl (C=O) groups is 1. The van der Waals surface area contributed by atoms with Gasteiger partial charge < -0.3 is 14.6 Å². The minimum atomic E-state index is 0.454. The van der Waals surface area contributed by atoms with Gasteiger partial charge in [-0.05, 0) is 69.8 Å². The maximum atomic E-state index is 9.57. The molecule has 26 heavy (non-hydrogen) atoms. The molecule has 4 nitrogen and oxygen atoms in total. The number of hydrogen-bond acceptors (Lipinski definition) is 4. The molecule has 1 atom stereocenters. The maximum absolute atomic E-state index is 9.57. The van der Waals surface area contributed by atoms with Gasteiger partial charge in [0.2, 0.25) is 0 Å². The molecule has 4 rings (SSSR count). The monoisotopic (exact) mass is 373 g/mol. The summed E-state index contributed by atoms with van der Waals surface area (Å²) in [5.74, 6) is 1.28. The lowest BCUT2D eigenvalue weighted by molar-refractivity contribution is -0.108. The van der Waals surface area contributed by atoms with Crippen LogP contribution in [-0.4, -0.2) is 43.9 Å². The Kier molecular flexibility index (Phi) is 6.56. The number of likely N-dealkylation sites (tertiary alicyclic amines) is 1. The highest BCUT2D eigenvalue weighted by atomic mass is 35.5. The summed E-state index contributed by atoms with van der Waals surface area (Å²) in [5.41, 5.74) is 1.73. The Morgan fingerprint density at radius 3 is 2.50 bits per heavy atom. The van der Waals surface area contributed by atoms with Gasteiger partial charge in [0, 0.05) is 30.7 Å². The summed E-state index contributed by atoms with van der Waals surface area (Å²) < 4.78 is 0. The summed E-state index contributed by atoms with van der Waals surface area (Å²) >= 11 is 6.23. The summed E-state index contributed by atoms with van der Waals surface area (Å²) in [4.78, 5) is 14.5. The minimum absolute atomic E-state index is 0.454. The van der Waals surface area contributed by atoms with Gasteiger partial charge in [-0.2, -0.15) is 5.26 Å². The normalized spacial score (nSPS) is 22.7. The van der Waals surface area contributed by atoms with Crippen LogP contribution >= 0.6 is 11.6 Å². The fourth-order valence-corrected chi connectivity index (χ4v) is 3.81. The van der Waals surface area contributed by atoms with Crippen molar-refractivity contribution in [2.75, 3.05) is 31.6 Å². The van der Waals surface area contributed by atoms with Gasteiger partial charge in [0.1, 0.15) is 12.4 Å². The predicted molar refractivity (Wildman–Crippen MR) is 106 cm³/mol. The molecule has 0 aromatic heterocycles. The summed E-state index contributed by atoms with van der Waals surface area (Å²) in [7, 11) is 2.19. The molecule has 2 saturated carbocycles. The molecule has 2 aliphatic carbocycles. The first kappa shape index (κ1) is 19.2. The van der Waals surface area contributed by atoms with Crippen LogP contribution in [0.1, 0.15) is 44.1 Å². The van der Waals surface area contributed by atoms with Crippen molar-refractivity contribution in [3.8, 4) is 6.07 Å². The highest BCUT2D eigenvalue weighted by molar-refractivity contribution is 6.32. The highest BCUT2D eigenvalue weighted by Gasteiger charge is 2.29. The topological polar surface area (TPSA) is 47.3 Å². The van der Waals surface area contributed by atoms with E-state index in [0.29, 0.717) is 22.5 Å². The number of rotatable bonds is 5. The van der Waals surface area contributed by atoms with E-state index in [1.165, 1.54) is 31.4 Å². The van der Waals surface area contributed by atoms with E-state index in [1.54, 1.807) is 0 Å². The van der Waals surface area contributed by atoms with Gasteiger partial charge in [0.15, 0.2) is 0 Å². The van der Waals surface area contributed by atoms with Crippen LogP contribution in [0, 0.1) is 23.2 Å². The van der Waals surface area contributed by atoms with Crippen molar-refractivity contribution < 1.29 is 4.79 Å². The zero-order chi connectivity index (χ0) is 18.5. The van der Waals surface area contributed by atoms with Crippen molar-refractivity contribution in [2.45, 2.75) is 44.6 Å². The number of halogens is 1. The van der Waals surface area contributed by atoms with E-state index in [0.717, 1.165) is 44.7 Å². The number of nitrogens with zero attached hydrogens (tertiary/aromatic N) is 3. The second-order valence-electron chi connectivity index (χ2n) is 7.90. The number of benzene rings is 1. The van der Waals surface area contributed by atoms with Crippen LogP contribution in [0.15, 0.2) is 18.2 Å². The molecule has 1 saturated heterocycles. The second-order valence-corrected chi connectivity index (χ2v) is 8.31. The van der Waals surface area contributed by atoms with Crippen molar-refractivity contribution in [3.05, 3.63) is 28.8 Å². The van der Waals surface area contributed by atoms with E-state index in [4.69, 9.17) is 16.9 Å². The summed E-state index contributed by atoms with van der Waals surface area (Å²) in [6.45, 7) is 3.40. The Morgan fingerprint density at radius 2 is 2.08 bits per heavy atom. The predicted octanol–water partition coefficient (Wildman–Crippen LogP) is 4.12. The quantitative estimate of drug-likeness (QED) is 0.728. The molecular formula is C21H28ClN3O. The Morgan fingerprint density at radius 1 is 1.31 bits per heavy atom. The van der Waals surface area contributed by atoms with Crippen molar-refractivity contribution in [2.24, 2.45) is 11.8 Å². The average molecular weight is 374 g/mol. The Balaban J connectivity index is 0.000000339. The smallest absolute Gasteiger partial charge is 0.123 e. The second kappa shape index (κ2) is 8.88. The lowest BCUT2D eigenvalue weighted by Crippen LogP contribution is -2.41. The standard InChI is InChI=1S/C17H22ClN3.C4H6O/c1-20-8-7-16(12-20)21(11-13-3-2-4-13)15-6-5-14(10-19)17(18)9-15;5-3-4-1-2-4/h5-6,9,13,16H,2-4,7-8,11-12H2,1H3;3-4H,1-2H2. The van der Waals surface area contributed by atoms with Gasteiger partial charge >= 0.3 is 0 Å². The molecule has 140 valence electrons. The third-order valence-electron chi connectivity index (χ3n) is 5.71. The molecule has 0 radical (unpaired) electrons. The van der Waals surface area contributed by atoms with Crippen LogP contribution in [0.4, 0.5) is 5.69 Å². The lowest BCUT2D eigenvalue weighted by Gasteiger charge is -2.37. The van der Waals surface area contributed by atoms with Crippen LogP contribution in [0.5, 0.6) is 0 Å². The number of anilines is 1. The molecule has 0 spiro atoms. The molecule has 1 aromatic rings. The van der Waals surface area contributed by atoms with Crippen molar-refractivity contribution in [1.29, 1.82) is 5.26 Å². The molecular weight excluding hydrogens is 346 g/mol. The first-order valence-electron chi connectivity index (χ1n) is 9.71. The fraction of sp³-hybridized carbons (Fsp3) is 0.619. The molecule has 1 aromatic carbocycles. The van der Waals surface area contributed by atoms with E-state index in [-0.39, 0.29) is 0 Å². The van der Waals surface area contributed by atoms with Gasteiger partial charge in [-0.3, -0.25) is 0 Å². The van der Waals surface area contributed by atoms with E-state index in [1.807, 2.05) is 12.1 Å². The van der Waals surface area contributed by atoms with Gasteiger partial charge in [-0.1, -0.05) is 18.0 Å². The van der Waals surface area contributed by atoms with Crippen molar-refractivity contribution in [1.82, 2.24) is 4.90 Å². The minimum Gasteiger partial charge on any atom is -0.367 e. The van der Waals surface area contributed by atoms with Crippen molar-refractivity contribution in [3.63, 3.8) is 0 Å². The molecule has 5 heteroatoms. The molecule has 3 fully saturated rings. The van der Waals surface area contributed by atoms with E-state index < -0.39 is 0 Å². The largest absolute Gasteiger partial charge is 0.367 e. The summed E-state index contributed by atoms with van der Waals surface area (Å²) in [5, 5.41) is 9.60. The number of nitriles is 1. The first-order valence-corrected chi connectivity index (χ1v) is 10.1. The number of carbonyl (C=O) groups excluding carboxylic acids is 1. The molecule has 3 aliphatic rings. The van der Waals surface area contributed by atoms with Gasteiger partial charge in [-0.25, -0.2) is 0 Å². The molecule has 1 heterocycles. The zero-order valence-corrected chi connectivity index (χ0v) is 16.3. The molecule has 1 aliphatic heterocycles. The Bertz CT molecular complexity index is 664. The summed E-state index contributed by atoms with van der Waals surface area (Å²) in [6.07, 6.45) is 8.59.